The van der Waals surface area contributed by atoms with Gasteiger partial charge in [-0.15, -0.1) is 0 Å². The molecular formula is C20H19ClN6O. The van der Waals surface area contributed by atoms with E-state index < -0.39 is 6.04 Å². The standard InChI is InChI=1S/C20H19ClN6O/c1-11-7-8-16(12(2)9-11)23-19(28)17-13(3)22-20-24-25-26-27(20)18(17)14-5-4-6-15(21)10-14/h4-10,18H,1-3H3,(H,23,28)(H,22,24,26)/t18-/m0/s1. The monoisotopic (exact) mass is 394 g/mol. The second-order valence-electron chi connectivity index (χ2n) is 6.84. The molecule has 1 atom stereocenters. The van der Waals surface area contributed by atoms with Crippen LogP contribution in [-0.2, 0) is 4.79 Å². The Bertz CT molecular complexity index is 1100. The van der Waals surface area contributed by atoms with E-state index in [0.717, 1.165) is 22.4 Å². The SMILES string of the molecule is CC1=C(C(=O)Nc2ccc(C)cc2C)[C@H](c2cccc(Cl)c2)n2nnnc2N1. The van der Waals surface area contributed by atoms with Crippen molar-refractivity contribution in [2.24, 2.45) is 0 Å². The van der Waals surface area contributed by atoms with Gasteiger partial charge in [0.2, 0.25) is 5.95 Å². The molecular weight excluding hydrogens is 376 g/mol. The third-order valence-electron chi connectivity index (χ3n) is 4.75. The average Bonchev–Trinajstić information content (AvgIpc) is 3.10. The molecule has 8 heteroatoms. The third kappa shape index (κ3) is 3.25. The van der Waals surface area contributed by atoms with Crippen LogP contribution >= 0.6 is 11.6 Å². The number of carbonyl (C=O) groups is 1. The Morgan fingerprint density at radius 3 is 2.75 bits per heavy atom. The van der Waals surface area contributed by atoms with Crippen molar-refractivity contribution < 1.29 is 4.79 Å². The summed E-state index contributed by atoms with van der Waals surface area (Å²) in [7, 11) is 0. The highest BCUT2D eigenvalue weighted by molar-refractivity contribution is 6.30. The number of tetrazole rings is 1. The molecule has 0 spiro atoms. The Hall–Kier alpha value is -3.19. The summed E-state index contributed by atoms with van der Waals surface area (Å²) in [5.41, 5.74) is 4.95. The number of aromatic nitrogens is 4. The first-order valence-electron chi connectivity index (χ1n) is 8.84. The van der Waals surface area contributed by atoms with Crippen molar-refractivity contribution in [3.63, 3.8) is 0 Å². The second-order valence-corrected chi connectivity index (χ2v) is 7.28. The normalized spacial score (nSPS) is 15.8. The molecule has 0 bridgehead atoms. The van der Waals surface area contributed by atoms with Crippen LogP contribution < -0.4 is 10.6 Å². The molecule has 142 valence electrons. The van der Waals surface area contributed by atoms with Gasteiger partial charge < -0.3 is 10.6 Å². The van der Waals surface area contributed by atoms with E-state index in [1.807, 2.05) is 57.2 Å². The number of halogens is 1. The van der Waals surface area contributed by atoms with Crippen LogP contribution in [0.1, 0.15) is 29.7 Å². The fourth-order valence-electron chi connectivity index (χ4n) is 3.43. The Kier molecular flexibility index (Phi) is 4.60. The summed E-state index contributed by atoms with van der Waals surface area (Å²) in [6.07, 6.45) is 0. The van der Waals surface area contributed by atoms with Crippen molar-refractivity contribution in [2.75, 3.05) is 10.6 Å². The molecule has 1 amide bonds. The lowest BCUT2D eigenvalue weighted by atomic mass is 9.95. The van der Waals surface area contributed by atoms with Crippen molar-refractivity contribution in [1.29, 1.82) is 0 Å². The van der Waals surface area contributed by atoms with Crippen LogP contribution in [0.4, 0.5) is 11.6 Å². The zero-order valence-corrected chi connectivity index (χ0v) is 16.4. The highest BCUT2D eigenvalue weighted by atomic mass is 35.5. The molecule has 2 N–H and O–H groups in total. The van der Waals surface area contributed by atoms with Gasteiger partial charge >= 0.3 is 0 Å². The van der Waals surface area contributed by atoms with Crippen LogP contribution in [-0.4, -0.2) is 26.1 Å². The molecule has 2 heterocycles. The smallest absolute Gasteiger partial charge is 0.255 e. The molecule has 0 aliphatic carbocycles. The quantitative estimate of drug-likeness (QED) is 0.704. The summed E-state index contributed by atoms with van der Waals surface area (Å²) in [6.45, 7) is 5.83. The van der Waals surface area contributed by atoms with Crippen LogP contribution in [0.5, 0.6) is 0 Å². The number of nitrogens with one attached hydrogen (secondary N) is 2. The van der Waals surface area contributed by atoms with E-state index >= 15 is 0 Å². The fourth-order valence-corrected chi connectivity index (χ4v) is 3.63. The molecule has 2 aromatic carbocycles. The summed E-state index contributed by atoms with van der Waals surface area (Å²) in [6, 6.07) is 12.8. The number of hydrogen-bond donors (Lipinski definition) is 2. The van der Waals surface area contributed by atoms with Gasteiger partial charge in [-0.05, 0) is 60.5 Å². The minimum Gasteiger partial charge on any atom is -0.326 e. The van der Waals surface area contributed by atoms with E-state index in [4.69, 9.17) is 11.6 Å². The third-order valence-corrected chi connectivity index (χ3v) is 4.99. The fraction of sp³-hybridized carbons (Fsp3) is 0.200. The number of fused-ring (bicyclic) bond motifs is 1. The molecule has 28 heavy (non-hydrogen) atoms. The molecule has 1 aliphatic heterocycles. The second kappa shape index (κ2) is 7.09. The van der Waals surface area contributed by atoms with Crippen LogP contribution in [0.25, 0.3) is 0 Å². The van der Waals surface area contributed by atoms with E-state index in [9.17, 15) is 4.79 Å². The van der Waals surface area contributed by atoms with Gasteiger partial charge in [-0.2, -0.15) is 4.68 Å². The number of carbonyl (C=O) groups excluding carboxylic acids is 1. The van der Waals surface area contributed by atoms with Crippen LogP contribution in [0.15, 0.2) is 53.7 Å². The number of hydrogen-bond acceptors (Lipinski definition) is 5. The summed E-state index contributed by atoms with van der Waals surface area (Å²) in [5, 5.41) is 18.5. The molecule has 0 fully saturated rings. The van der Waals surface area contributed by atoms with Gasteiger partial charge in [0, 0.05) is 16.4 Å². The number of anilines is 2. The maximum absolute atomic E-state index is 13.3. The lowest BCUT2D eigenvalue weighted by Gasteiger charge is -2.28. The van der Waals surface area contributed by atoms with E-state index in [2.05, 4.69) is 26.2 Å². The van der Waals surface area contributed by atoms with E-state index in [0.29, 0.717) is 22.2 Å². The molecule has 0 saturated heterocycles. The molecule has 1 aliphatic rings. The number of allylic oxidation sites excluding steroid dienone is 1. The number of amides is 1. The average molecular weight is 395 g/mol. The first-order valence-corrected chi connectivity index (χ1v) is 9.21. The van der Waals surface area contributed by atoms with Gasteiger partial charge in [0.15, 0.2) is 0 Å². The Morgan fingerprint density at radius 2 is 2.00 bits per heavy atom. The van der Waals surface area contributed by atoms with Crippen molar-refractivity contribution in [3.05, 3.63) is 75.4 Å². The predicted molar refractivity (Wildman–Crippen MR) is 108 cm³/mol. The minimum absolute atomic E-state index is 0.219. The summed E-state index contributed by atoms with van der Waals surface area (Å²) < 4.78 is 1.59. The molecule has 0 unspecified atom stereocenters. The maximum Gasteiger partial charge on any atom is 0.255 e. The lowest BCUT2D eigenvalue weighted by molar-refractivity contribution is -0.113. The zero-order chi connectivity index (χ0) is 19.8. The van der Waals surface area contributed by atoms with Gasteiger partial charge in [0.25, 0.3) is 5.91 Å². The van der Waals surface area contributed by atoms with Crippen LogP contribution in [0.2, 0.25) is 5.02 Å². The lowest BCUT2D eigenvalue weighted by Crippen LogP contribution is -2.31. The minimum atomic E-state index is -0.490. The van der Waals surface area contributed by atoms with E-state index in [1.54, 1.807) is 10.7 Å². The first kappa shape index (κ1) is 18.2. The topological polar surface area (TPSA) is 84.7 Å². The number of benzene rings is 2. The van der Waals surface area contributed by atoms with E-state index in [1.165, 1.54) is 0 Å². The van der Waals surface area contributed by atoms with Crippen molar-refractivity contribution in [2.45, 2.75) is 26.8 Å². The van der Waals surface area contributed by atoms with Gasteiger partial charge in [-0.1, -0.05) is 46.5 Å². The largest absolute Gasteiger partial charge is 0.326 e. The predicted octanol–water partition coefficient (Wildman–Crippen LogP) is 3.87. The first-order chi connectivity index (χ1) is 13.4. The molecule has 7 nitrogen and oxygen atoms in total. The molecule has 4 rings (SSSR count). The molecule has 0 saturated carbocycles. The number of aryl methyl sites for hydroxylation is 2. The van der Waals surface area contributed by atoms with Crippen molar-refractivity contribution in [1.82, 2.24) is 20.2 Å². The Labute approximate surface area is 167 Å². The van der Waals surface area contributed by atoms with Crippen LogP contribution in [0.3, 0.4) is 0 Å². The van der Waals surface area contributed by atoms with Crippen LogP contribution in [0, 0.1) is 13.8 Å². The summed E-state index contributed by atoms with van der Waals surface area (Å²) in [4.78, 5) is 13.3. The molecule has 0 radical (unpaired) electrons. The van der Waals surface area contributed by atoms with Gasteiger partial charge in [0.1, 0.15) is 6.04 Å². The maximum atomic E-state index is 13.3. The Balaban J connectivity index is 1.77. The highest BCUT2D eigenvalue weighted by Gasteiger charge is 2.34. The van der Waals surface area contributed by atoms with Gasteiger partial charge in [-0.3, -0.25) is 4.79 Å². The number of nitrogens with zero attached hydrogens (tertiary/aromatic N) is 4. The number of rotatable bonds is 3. The van der Waals surface area contributed by atoms with Gasteiger partial charge in [-0.25, -0.2) is 0 Å². The Morgan fingerprint density at radius 1 is 1.18 bits per heavy atom. The summed E-state index contributed by atoms with van der Waals surface area (Å²) in [5.74, 6) is 0.258. The highest BCUT2D eigenvalue weighted by Crippen LogP contribution is 2.35. The van der Waals surface area contributed by atoms with E-state index in [-0.39, 0.29) is 5.91 Å². The van der Waals surface area contributed by atoms with Gasteiger partial charge in [0.05, 0.1) is 5.57 Å². The molecule has 3 aromatic rings. The molecule has 1 aromatic heterocycles. The van der Waals surface area contributed by atoms with Crippen molar-refractivity contribution in [3.8, 4) is 0 Å². The summed E-state index contributed by atoms with van der Waals surface area (Å²) >= 11 is 6.20. The van der Waals surface area contributed by atoms with Crippen molar-refractivity contribution >= 4 is 29.1 Å². The zero-order valence-electron chi connectivity index (χ0n) is 15.7.